The van der Waals surface area contributed by atoms with Gasteiger partial charge in [-0.25, -0.2) is 0 Å². The third-order valence-corrected chi connectivity index (χ3v) is 3.90. The third-order valence-electron chi connectivity index (χ3n) is 3.41. The van der Waals surface area contributed by atoms with Crippen LogP contribution in [0.25, 0.3) is 0 Å². The van der Waals surface area contributed by atoms with Gasteiger partial charge in [0.1, 0.15) is 5.75 Å². The van der Waals surface area contributed by atoms with E-state index >= 15 is 0 Å². The molecule has 0 amide bonds. The van der Waals surface area contributed by atoms with Gasteiger partial charge in [-0.05, 0) is 61.3 Å². The largest absolute Gasteiger partial charge is 0.496 e. The quantitative estimate of drug-likeness (QED) is 0.854. The molecular formula is C17H21BrN2O. The summed E-state index contributed by atoms with van der Waals surface area (Å²) in [5.41, 5.74) is 3.46. The van der Waals surface area contributed by atoms with Gasteiger partial charge in [-0.3, -0.25) is 4.98 Å². The van der Waals surface area contributed by atoms with Crippen LogP contribution in [-0.2, 0) is 6.42 Å². The maximum atomic E-state index is 5.47. The van der Waals surface area contributed by atoms with E-state index in [2.05, 4.69) is 52.2 Å². The lowest BCUT2D eigenvalue weighted by Crippen LogP contribution is -2.24. The summed E-state index contributed by atoms with van der Waals surface area (Å²) in [6.45, 7) is 5.10. The second-order valence-electron chi connectivity index (χ2n) is 5.03. The molecule has 1 heterocycles. The van der Waals surface area contributed by atoms with E-state index in [0.29, 0.717) is 0 Å². The number of ether oxygens (including phenoxy) is 1. The zero-order valence-electron chi connectivity index (χ0n) is 12.7. The number of nitrogens with zero attached hydrogens (tertiary/aromatic N) is 1. The number of aromatic nitrogens is 1. The van der Waals surface area contributed by atoms with E-state index in [-0.39, 0.29) is 6.04 Å². The van der Waals surface area contributed by atoms with Gasteiger partial charge in [-0.15, -0.1) is 0 Å². The Morgan fingerprint density at radius 1 is 1.29 bits per heavy atom. The number of methoxy groups -OCH3 is 1. The molecule has 3 nitrogen and oxygen atoms in total. The van der Waals surface area contributed by atoms with Gasteiger partial charge >= 0.3 is 0 Å². The van der Waals surface area contributed by atoms with Gasteiger partial charge in [-0.2, -0.15) is 0 Å². The zero-order chi connectivity index (χ0) is 15.2. The SMILES string of the molecule is CCNC(Cc1cc(Br)ccc1OC)c1cc(C)ccn1. The van der Waals surface area contributed by atoms with E-state index in [9.17, 15) is 0 Å². The van der Waals surface area contributed by atoms with Gasteiger partial charge in [0, 0.05) is 10.7 Å². The lowest BCUT2D eigenvalue weighted by molar-refractivity contribution is 0.405. The van der Waals surface area contributed by atoms with Crippen LogP contribution in [0.4, 0.5) is 0 Å². The molecule has 0 saturated heterocycles. The lowest BCUT2D eigenvalue weighted by atomic mass is 10.0. The summed E-state index contributed by atoms with van der Waals surface area (Å²) in [6.07, 6.45) is 2.71. The highest BCUT2D eigenvalue weighted by atomic mass is 79.9. The molecule has 0 spiro atoms. The Hall–Kier alpha value is -1.39. The Balaban J connectivity index is 2.30. The average Bonchev–Trinajstić information content (AvgIpc) is 2.47. The number of hydrogen-bond acceptors (Lipinski definition) is 3. The minimum absolute atomic E-state index is 0.179. The monoisotopic (exact) mass is 348 g/mol. The van der Waals surface area contributed by atoms with Crippen molar-refractivity contribution >= 4 is 15.9 Å². The van der Waals surface area contributed by atoms with Crippen molar-refractivity contribution in [2.24, 2.45) is 0 Å². The number of rotatable bonds is 6. The van der Waals surface area contributed by atoms with Gasteiger partial charge in [0.05, 0.1) is 18.8 Å². The van der Waals surface area contributed by atoms with Crippen LogP contribution in [0.3, 0.4) is 0 Å². The maximum Gasteiger partial charge on any atom is 0.122 e. The fourth-order valence-electron chi connectivity index (χ4n) is 2.40. The minimum atomic E-state index is 0.179. The first-order valence-corrected chi connectivity index (χ1v) is 7.91. The molecule has 0 bridgehead atoms. The van der Waals surface area contributed by atoms with E-state index in [0.717, 1.165) is 28.9 Å². The molecule has 1 N–H and O–H groups in total. The van der Waals surface area contributed by atoms with Crippen LogP contribution in [-0.4, -0.2) is 18.6 Å². The number of benzene rings is 1. The number of aryl methyl sites for hydroxylation is 1. The smallest absolute Gasteiger partial charge is 0.122 e. The molecule has 1 unspecified atom stereocenters. The molecule has 0 aliphatic carbocycles. The van der Waals surface area contributed by atoms with Crippen molar-refractivity contribution in [2.45, 2.75) is 26.3 Å². The Labute approximate surface area is 134 Å². The number of nitrogens with one attached hydrogen (secondary N) is 1. The van der Waals surface area contributed by atoms with Crippen LogP contribution in [0.15, 0.2) is 41.0 Å². The average molecular weight is 349 g/mol. The topological polar surface area (TPSA) is 34.1 Å². The Bertz CT molecular complexity index is 601. The second-order valence-corrected chi connectivity index (χ2v) is 5.94. The molecule has 1 aromatic carbocycles. The number of pyridine rings is 1. The van der Waals surface area contributed by atoms with Crippen LogP contribution in [0.1, 0.15) is 29.8 Å². The van der Waals surface area contributed by atoms with E-state index in [4.69, 9.17) is 4.74 Å². The third kappa shape index (κ3) is 4.29. The first-order valence-electron chi connectivity index (χ1n) is 7.12. The molecule has 112 valence electrons. The standard InChI is InChI=1S/C17H21BrN2O/c1-4-19-16(15-9-12(2)7-8-20-15)11-13-10-14(18)5-6-17(13)21-3/h5-10,16,19H,4,11H2,1-3H3. The van der Waals surface area contributed by atoms with Crippen molar-refractivity contribution in [3.63, 3.8) is 0 Å². The van der Waals surface area contributed by atoms with Gasteiger partial charge < -0.3 is 10.1 Å². The molecule has 2 rings (SSSR count). The van der Waals surface area contributed by atoms with Gasteiger partial charge in [-0.1, -0.05) is 22.9 Å². The van der Waals surface area contributed by atoms with E-state index in [1.54, 1.807) is 7.11 Å². The zero-order valence-corrected chi connectivity index (χ0v) is 14.3. The maximum absolute atomic E-state index is 5.47. The molecule has 0 fully saturated rings. The fourth-order valence-corrected chi connectivity index (χ4v) is 2.81. The van der Waals surface area contributed by atoms with Crippen molar-refractivity contribution in [1.29, 1.82) is 0 Å². The highest BCUT2D eigenvalue weighted by Crippen LogP contribution is 2.27. The summed E-state index contributed by atoms with van der Waals surface area (Å²) >= 11 is 3.53. The van der Waals surface area contributed by atoms with Gasteiger partial charge in [0.25, 0.3) is 0 Å². The molecule has 1 aromatic heterocycles. The molecule has 21 heavy (non-hydrogen) atoms. The normalized spacial score (nSPS) is 12.2. The molecule has 2 aromatic rings. The molecule has 4 heteroatoms. The van der Waals surface area contributed by atoms with Gasteiger partial charge in [0.2, 0.25) is 0 Å². The molecule has 0 aliphatic heterocycles. The van der Waals surface area contributed by atoms with E-state index in [1.807, 2.05) is 24.4 Å². The summed E-state index contributed by atoms with van der Waals surface area (Å²) in [4.78, 5) is 4.52. The van der Waals surface area contributed by atoms with Crippen molar-refractivity contribution < 1.29 is 4.74 Å². The van der Waals surface area contributed by atoms with Crippen molar-refractivity contribution in [3.8, 4) is 5.75 Å². The van der Waals surface area contributed by atoms with Crippen LogP contribution in [0.2, 0.25) is 0 Å². The van der Waals surface area contributed by atoms with Crippen LogP contribution in [0, 0.1) is 6.92 Å². The summed E-state index contributed by atoms with van der Waals surface area (Å²) in [7, 11) is 1.71. The Kier molecular flexibility index (Phi) is 5.76. The number of hydrogen-bond donors (Lipinski definition) is 1. The number of likely N-dealkylation sites (N-methyl/N-ethyl adjacent to an activating group) is 1. The number of halogens is 1. The second kappa shape index (κ2) is 7.57. The minimum Gasteiger partial charge on any atom is -0.496 e. The summed E-state index contributed by atoms with van der Waals surface area (Å²) < 4.78 is 6.53. The van der Waals surface area contributed by atoms with Crippen LogP contribution < -0.4 is 10.1 Å². The highest BCUT2D eigenvalue weighted by molar-refractivity contribution is 9.10. The van der Waals surface area contributed by atoms with E-state index < -0.39 is 0 Å². The van der Waals surface area contributed by atoms with Crippen LogP contribution >= 0.6 is 15.9 Å². The molecular weight excluding hydrogens is 328 g/mol. The van der Waals surface area contributed by atoms with Crippen molar-refractivity contribution in [2.75, 3.05) is 13.7 Å². The predicted molar refractivity (Wildman–Crippen MR) is 89.8 cm³/mol. The Morgan fingerprint density at radius 2 is 2.10 bits per heavy atom. The summed E-state index contributed by atoms with van der Waals surface area (Å²) in [6, 6.07) is 10.4. The Morgan fingerprint density at radius 3 is 2.76 bits per heavy atom. The molecule has 1 atom stereocenters. The van der Waals surface area contributed by atoms with E-state index in [1.165, 1.54) is 11.1 Å². The highest BCUT2D eigenvalue weighted by Gasteiger charge is 2.15. The summed E-state index contributed by atoms with van der Waals surface area (Å²) in [5.74, 6) is 0.911. The molecule has 0 saturated carbocycles. The summed E-state index contributed by atoms with van der Waals surface area (Å²) in [5, 5.41) is 3.51. The molecule has 0 aliphatic rings. The first-order chi connectivity index (χ1) is 10.1. The first kappa shape index (κ1) is 16.0. The fraction of sp³-hybridized carbons (Fsp3) is 0.353. The lowest BCUT2D eigenvalue weighted by Gasteiger charge is -2.19. The van der Waals surface area contributed by atoms with Crippen LogP contribution in [0.5, 0.6) is 5.75 Å². The van der Waals surface area contributed by atoms with Crippen molar-refractivity contribution in [3.05, 3.63) is 57.8 Å². The molecule has 0 radical (unpaired) electrons. The van der Waals surface area contributed by atoms with Crippen molar-refractivity contribution in [1.82, 2.24) is 10.3 Å². The van der Waals surface area contributed by atoms with Gasteiger partial charge in [0.15, 0.2) is 0 Å². The predicted octanol–water partition coefficient (Wildman–Crippen LogP) is 4.05.